The van der Waals surface area contributed by atoms with E-state index in [-0.39, 0.29) is 12.4 Å². The number of rotatable bonds is 0. The van der Waals surface area contributed by atoms with Crippen molar-refractivity contribution in [1.82, 2.24) is 5.32 Å². The van der Waals surface area contributed by atoms with E-state index in [1.807, 2.05) is 0 Å². The maximum atomic E-state index is 11.8. The van der Waals surface area contributed by atoms with E-state index in [4.69, 9.17) is 0 Å². The van der Waals surface area contributed by atoms with Gasteiger partial charge in [-0.05, 0) is 31.5 Å². The van der Waals surface area contributed by atoms with Gasteiger partial charge in [0.15, 0.2) is 0 Å². The summed E-state index contributed by atoms with van der Waals surface area (Å²) in [5.74, 6) is 0. The van der Waals surface area contributed by atoms with E-state index in [0.717, 1.165) is 0 Å². The van der Waals surface area contributed by atoms with Gasteiger partial charge in [-0.3, -0.25) is 0 Å². The van der Waals surface area contributed by atoms with Crippen molar-refractivity contribution in [2.24, 2.45) is 0 Å². The lowest BCUT2D eigenvalue weighted by atomic mass is 10.1. The highest BCUT2D eigenvalue weighted by atomic mass is 35.5. The number of piperidine rings is 1. The molecule has 0 radical (unpaired) electrons. The first-order valence-corrected chi connectivity index (χ1v) is 3.04. The van der Waals surface area contributed by atoms with Crippen LogP contribution < -0.4 is 5.32 Å². The van der Waals surface area contributed by atoms with Crippen molar-refractivity contribution in [3.05, 3.63) is 11.7 Å². The molecule has 0 aromatic carbocycles. The van der Waals surface area contributed by atoms with Crippen LogP contribution in [0.15, 0.2) is 11.7 Å². The van der Waals surface area contributed by atoms with Crippen molar-refractivity contribution in [2.75, 3.05) is 13.1 Å². The fourth-order valence-corrected chi connectivity index (χ4v) is 0.918. The molecule has 0 aliphatic carbocycles. The average Bonchev–Trinajstić information content (AvgIpc) is 1.90. The summed E-state index contributed by atoms with van der Waals surface area (Å²) in [4.78, 5) is 0. The van der Waals surface area contributed by atoms with Crippen LogP contribution in [-0.2, 0) is 0 Å². The van der Waals surface area contributed by atoms with Crippen LogP contribution in [0.3, 0.4) is 0 Å². The topological polar surface area (TPSA) is 12.0 Å². The SMILES string of the molecule is Cl.FC(F)=C1CCNCC1. The van der Waals surface area contributed by atoms with Crippen LogP contribution in [0.5, 0.6) is 0 Å². The quantitative estimate of drug-likeness (QED) is 0.585. The number of hydrogen-bond donors (Lipinski definition) is 1. The second kappa shape index (κ2) is 4.63. The molecule has 0 aromatic heterocycles. The number of hydrogen-bond acceptors (Lipinski definition) is 1. The normalized spacial score (nSPS) is 18.0. The van der Waals surface area contributed by atoms with Gasteiger partial charge in [-0.15, -0.1) is 12.4 Å². The maximum absolute atomic E-state index is 11.8. The third-order valence-electron chi connectivity index (χ3n) is 1.47. The van der Waals surface area contributed by atoms with Crippen LogP contribution in [0.1, 0.15) is 12.8 Å². The molecule has 0 saturated carbocycles. The Labute approximate surface area is 64.9 Å². The van der Waals surface area contributed by atoms with Crippen molar-refractivity contribution in [2.45, 2.75) is 12.8 Å². The third-order valence-corrected chi connectivity index (χ3v) is 1.47. The molecule has 1 saturated heterocycles. The van der Waals surface area contributed by atoms with Crippen LogP contribution in [0.2, 0.25) is 0 Å². The monoisotopic (exact) mass is 169 g/mol. The molecular weight excluding hydrogens is 160 g/mol. The van der Waals surface area contributed by atoms with E-state index in [0.29, 0.717) is 31.5 Å². The van der Waals surface area contributed by atoms with Crippen LogP contribution in [0, 0.1) is 0 Å². The zero-order chi connectivity index (χ0) is 6.69. The summed E-state index contributed by atoms with van der Waals surface area (Å²) in [7, 11) is 0. The third kappa shape index (κ3) is 2.62. The fraction of sp³-hybridized carbons (Fsp3) is 0.667. The molecule has 60 valence electrons. The van der Waals surface area contributed by atoms with Crippen molar-refractivity contribution in [3.63, 3.8) is 0 Å². The molecule has 0 bridgehead atoms. The van der Waals surface area contributed by atoms with Gasteiger partial charge in [0.25, 0.3) is 6.08 Å². The Bertz CT molecular complexity index is 124. The van der Waals surface area contributed by atoms with E-state index in [1.165, 1.54) is 0 Å². The summed E-state index contributed by atoms with van der Waals surface area (Å²) in [5.41, 5.74) is 0.328. The molecule has 0 unspecified atom stereocenters. The molecule has 0 aromatic rings. The molecule has 1 fully saturated rings. The first kappa shape index (κ1) is 9.85. The van der Waals surface area contributed by atoms with Crippen molar-refractivity contribution < 1.29 is 8.78 Å². The molecule has 1 N–H and O–H groups in total. The highest BCUT2D eigenvalue weighted by Gasteiger charge is 2.09. The van der Waals surface area contributed by atoms with E-state index in [9.17, 15) is 8.78 Å². The summed E-state index contributed by atoms with van der Waals surface area (Å²) in [6.07, 6.45) is -0.443. The second-order valence-corrected chi connectivity index (χ2v) is 2.11. The van der Waals surface area contributed by atoms with Crippen molar-refractivity contribution >= 4 is 12.4 Å². The van der Waals surface area contributed by atoms with Crippen LogP contribution in [0.25, 0.3) is 0 Å². The lowest BCUT2D eigenvalue weighted by Gasteiger charge is -2.13. The molecule has 10 heavy (non-hydrogen) atoms. The van der Waals surface area contributed by atoms with Crippen molar-refractivity contribution in [3.8, 4) is 0 Å². The number of nitrogens with one attached hydrogen (secondary N) is 1. The fourth-order valence-electron chi connectivity index (χ4n) is 0.918. The zero-order valence-electron chi connectivity index (χ0n) is 5.49. The highest BCUT2D eigenvalue weighted by Crippen LogP contribution is 2.16. The van der Waals surface area contributed by atoms with Crippen LogP contribution in [0.4, 0.5) is 8.78 Å². The Morgan fingerprint density at radius 2 is 1.70 bits per heavy atom. The summed E-state index contributed by atoms with van der Waals surface area (Å²) in [6.45, 7) is 1.40. The zero-order valence-corrected chi connectivity index (χ0v) is 6.31. The van der Waals surface area contributed by atoms with Gasteiger partial charge in [-0.25, -0.2) is 0 Å². The number of halogens is 3. The van der Waals surface area contributed by atoms with Gasteiger partial charge >= 0.3 is 0 Å². The summed E-state index contributed by atoms with van der Waals surface area (Å²) < 4.78 is 23.5. The largest absolute Gasteiger partial charge is 0.316 e. The Hall–Kier alpha value is -0.150. The minimum absolute atomic E-state index is 0. The molecule has 0 atom stereocenters. The lowest BCUT2D eigenvalue weighted by Crippen LogP contribution is -2.23. The van der Waals surface area contributed by atoms with E-state index < -0.39 is 6.08 Å². The van der Waals surface area contributed by atoms with Gasteiger partial charge in [0, 0.05) is 0 Å². The predicted octanol–water partition coefficient (Wildman–Crippen LogP) is 1.94. The van der Waals surface area contributed by atoms with Gasteiger partial charge in [0.1, 0.15) is 0 Å². The first-order chi connectivity index (χ1) is 4.30. The first-order valence-electron chi connectivity index (χ1n) is 3.04. The van der Waals surface area contributed by atoms with E-state index >= 15 is 0 Å². The minimum Gasteiger partial charge on any atom is -0.316 e. The molecule has 0 amide bonds. The average molecular weight is 170 g/mol. The van der Waals surface area contributed by atoms with E-state index in [2.05, 4.69) is 5.32 Å². The Balaban J connectivity index is 0.000000810. The Morgan fingerprint density at radius 1 is 1.20 bits per heavy atom. The van der Waals surface area contributed by atoms with Crippen LogP contribution in [-0.4, -0.2) is 13.1 Å². The van der Waals surface area contributed by atoms with Gasteiger partial charge in [-0.2, -0.15) is 8.78 Å². The molecule has 1 nitrogen and oxygen atoms in total. The highest BCUT2D eigenvalue weighted by molar-refractivity contribution is 5.85. The van der Waals surface area contributed by atoms with Crippen molar-refractivity contribution in [1.29, 1.82) is 0 Å². The molecule has 0 spiro atoms. The Morgan fingerprint density at radius 3 is 2.00 bits per heavy atom. The standard InChI is InChI=1S/C6H9F2N.ClH/c7-6(8)5-1-3-9-4-2-5;/h9H,1-4H2;1H. The molecule has 1 aliphatic rings. The smallest absolute Gasteiger partial charge is 0.269 e. The van der Waals surface area contributed by atoms with Crippen LogP contribution >= 0.6 is 12.4 Å². The molecule has 1 heterocycles. The molecule has 1 rings (SSSR count). The second-order valence-electron chi connectivity index (χ2n) is 2.11. The van der Waals surface area contributed by atoms with Gasteiger partial charge in [0.2, 0.25) is 0 Å². The van der Waals surface area contributed by atoms with E-state index in [1.54, 1.807) is 0 Å². The summed E-state index contributed by atoms with van der Waals surface area (Å²) >= 11 is 0. The summed E-state index contributed by atoms with van der Waals surface area (Å²) in [5, 5.41) is 3.00. The van der Waals surface area contributed by atoms with Gasteiger partial charge in [-0.1, -0.05) is 0 Å². The maximum Gasteiger partial charge on any atom is 0.269 e. The molecular formula is C6H10ClF2N. The molecule has 4 heteroatoms. The van der Waals surface area contributed by atoms with Gasteiger partial charge < -0.3 is 5.32 Å². The minimum atomic E-state index is -1.48. The van der Waals surface area contributed by atoms with Gasteiger partial charge in [0.05, 0.1) is 0 Å². The predicted molar refractivity (Wildman–Crippen MR) is 38.6 cm³/mol. The lowest BCUT2D eigenvalue weighted by molar-refractivity contribution is 0.395. The summed E-state index contributed by atoms with van der Waals surface area (Å²) in [6, 6.07) is 0. The Kier molecular flexibility index (Phi) is 4.56. The molecule has 1 aliphatic heterocycles.